The highest BCUT2D eigenvalue weighted by Gasteiger charge is 2.50. The van der Waals surface area contributed by atoms with Crippen LogP contribution < -0.4 is 10.6 Å². The summed E-state index contributed by atoms with van der Waals surface area (Å²) >= 11 is 0. The summed E-state index contributed by atoms with van der Waals surface area (Å²) in [6.07, 6.45) is 3.46. The van der Waals surface area contributed by atoms with Gasteiger partial charge in [0.15, 0.2) is 0 Å². The van der Waals surface area contributed by atoms with E-state index < -0.39 is 17.5 Å². The molecule has 2 aliphatic rings. The topological polar surface area (TPSA) is 78.5 Å². The highest BCUT2D eigenvalue weighted by atomic mass is 16.2. The lowest BCUT2D eigenvalue weighted by molar-refractivity contribution is -0.134. The number of benzene rings is 2. The molecule has 1 heterocycles. The molecule has 1 aliphatic heterocycles. The average Bonchev–Trinajstić information content (AvgIpc) is 2.84. The molecule has 1 atom stereocenters. The summed E-state index contributed by atoms with van der Waals surface area (Å²) in [7, 11) is 0. The fourth-order valence-corrected chi connectivity index (χ4v) is 3.84. The van der Waals surface area contributed by atoms with Gasteiger partial charge in [0, 0.05) is 6.54 Å². The van der Waals surface area contributed by atoms with Crippen molar-refractivity contribution in [3.05, 3.63) is 48.0 Å². The second-order valence-electron chi connectivity index (χ2n) is 7.57. The molecule has 27 heavy (non-hydrogen) atoms. The van der Waals surface area contributed by atoms with Crippen LogP contribution in [0.2, 0.25) is 0 Å². The molecule has 4 rings (SSSR count). The van der Waals surface area contributed by atoms with Crippen molar-refractivity contribution in [3.8, 4) is 0 Å². The normalized spacial score (nSPS) is 22.6. The quantitative estimate of drug-likeness (QED) is 0.799. The predicted octanol–water partition coefficient (Wildman–Crippen LogP) is 2.52. The third kappa shape index (κ3) is 3.05. The molecule has 1 saturated heterocycles. The van der Waals surface area contributed by atoms with E-state index in [9.17, 15) is 14.4 Å². The average molecular weight is 365 g/mol. The Kier molecular flexibility index (Phi) is 4.34. The minimum absolute atomic E-state index is 0.252. The van der Waals surface area contributed by atoms with Crippen molar-refractivity contribution in [3.63, 3.8) is 0 Å². The first-order chi connectivity index (χ1) is 13.0. The summed E-state index contributed by atoms with van der Waals surface area (Å²) in [6.45, 7) is 2.06. The third-order valence-electron chi connectivity index (χ3n) is 5.72. The number of nitrogens with one attached hydrogen (secondary N) is 2. The molecule has 2 aromatic carbocycles. The van der Waals surface area contributed by atoms with Gasteiger partial charge >= 0.3 is 6.03 Å². The number of amides is 4. The molecule has 0 bridgehead atoms. The SMILES string of the molecule is CC1(c2cccc3ccccc23)NC(=O)N(CC(=O)NCC2CCC2)C1=O. The van der Waals surface area contributed by atoms with Crippen molar-refractivity contribution >= 4 is 28.6 Å². The third-order valence-corrected chi connectivity index (χ3v) is 5.72. The molecule has 2 N–H and O–H groups in total. The highest BCUT2D eigenvalue weighted by molar-refractivity contribution is 6.10. The molecule has 0 spiro atoms. The van der Waals surface area contributed by atoms with Crippen LogP contribution in [0.15, 0.2) is 42.5 Å². The number of urea groups is 1. The van der Waals surface area contributed by atoms with E-state index in [2.05, 4.69) is 10.6 Å². The number of carbonyl (C=O) groups excluding carboxylic acids is 3. The van der Waals surface area contributed by atoms with E-state index in [0.29, 0.717) is 12.5 Å². The maximum Gasteiger partial charge on any atom is 0.325 e. The summed E-state index contributed by atoms with van der Waals surface area (Å²) in [5, 5.41) is 7.53. The highest BCUT2D eigenvalue weighted by Crippen LogP contribution is 2.33. The molecule has 0 radical (unpaired) electrons. The van der Waals surface area contributed by atoms with Crippen LogP contribution in [-0.4, -0.2) is 35.8 Å². The Morgan fingerprint density at radius 3 is 2.67 bits per heavy atom. The number of carbonyl (C=O) groups is 3. The van der Waals surface area contributed by atoms with Crippen LogP contribution in [0.4, 0.5) is 4.79 Å². The summed E-state index contributed by atoms with van der Waals surface area (Å²) in [6, 6.07) is 12.9. The Labute approximate surface area is 157 Å². The largest absolute Gasteiger partial charge is 0.354 e. The lowest BCUT2D eigenvalue weighted by Crippen LogP contribution is -2.44. The number of fused-ring (bicyclic) bond motifs is 1. The van der Waals surface area contributed by atoms with Gasteiger partial charge in [0.2, 0.25) is 5.91 Å². The maximum atomic E-state index is 13.1. The van der Waals surface area contributed by atoms with E-state index in [1.54, 1.807) is 6.92 Å². The minimum Gasteiger partial charge on any atom is -0.354 e. The van der Waals surface area contributed by atoms with E-state index in [1.807, 2.05) is 42.5 Å². The monoisotopic (exact) mass is 365 g/mol. The molecule has 2 fully saturated rings. The fraction of sp³-hybridized carbons (Fsp3) is 0.381. The maximum absolute atomic E-state index is 13.1. The van der Waals surface area contributed by atoms with Crippen molar-refractivity contribution in [2.45, 2.75) is 31.7 Å². The van der Waals surface area contributed by atoms with Gasteiger partial charge in [-0.3, -0.25) is 14.5 Å². The first-order valence-electron chi connectivity index (χ1n) is 9.38. The van der Waals surface area contributed by atoms with E-state index in [-0.39, 0.29) is 12.5 Å². The van der Waals surface area contributed by atoms with Crippen molar-refractivity contribution in [1.29, 1.82) is 0 Å². The van der Waals surface area contributed by atoms with Crippen LogP contribution >= 0.6 is 0 Å². The second kappa shape index (κ2) is 6.68. The summed E-state index contributed by atoms with van der Waals surface area (Å²) in [4.78, 5) is 38.8. The predicted molar refractivity (Wildman–Crippen MR) is 102 cm³/mol. The van der Waals surface area contributed by atoms with E-state index >= 15 is 0 Å². The zero-order valence-corrected chi connectivity index (χ0v) is 15.3. The van der Waals surface area contributed by atoms with Gasteiger partial charge in [-0.2, -0.15) is 0 Å². The van der Waals surface area contributed by atoms with E-state index in [0.717, 1.165) is 34.1 Å². The number of hydrogen-bond acceptors (Lipinski definition) is 3. The van der Waals surface area contributed by atoms with Gasteiger partial charge in [0.05, 0.1) is 0 Å². The van der Waals surface area contributed by atoms with Crippen LogP contribution in [0.25, 0.3) is 10.8 Å². The zero-order valence-electron chi connectivity index (χ0n) is 15.3. The Hall–Kier alpha value is -2.89. The lowest BCUT2D eigenvalue weighted by atomic mass is 9.85. The van der Waals surface area contributed by atoms with Crippen LogP contribution in [0.3, 0.4) is 0 Å². The molecule has 0 aromatic heterocycles. The molecule has 1 aliphatic carbocycles. The number of rotatable bonds is 5. The molecule has 6 heteroatoms. The van der Waals surface area contributed by atoms with Crippen LogP contribution in [0, 0.1) is 5.92 Å². The minimum atomic E-state index is -1.19. The van der Waals surface area contributed by atoms with Gasteiger partial charge in [-0.15, -0.1) is 0 Å². The number of nitrogens with zero attached hydrogens (tertiary/aromatic N) is 1. The van der Waals surface area contributed by atoms with Gasteiger partial charge in [-0.25, -0.2) is 4.79 Å². The van der Waals surface area contributed by atoms with Crippen molar-refractivity contribution in [2.75, 3.05) is 13.1 Å². The van der Waals surface area contributed by atoms with Crippen LogP contribution in [-0.2, 0) is 15.1 Å². The summed E-state index contributed by atoms with van der Waals surface area (Å²) in [5.74, 6) is -0.173. The second-order valence-corrected chi connectivity index (χ2v) is 7.57. The molecule has 4 amide bonds. The molecule has 2 aromatic rings. The first-order valence-corrected chi connectivity index (χ1v) is 9.38. The van der Waals surface area contributed by atoms with Crippen LogP contribution in [0.5, 0.6) is 0 Å². The summed E-state index contributed by atoms with van der Waals surface area (Å²) in [5.41, 5.74) is -0.456. The van der Waals surface area contributed by atoms with Crippen molar-refractivity contribution in [2.24, 2.45) is 5.92 Å². The summed E-state index contributed by atoms with van der Waals surface area (Å²) < 4.78 is 0. The molecule has 6 nitrogen and oxygen atoms in total. The smallest absolute Gasteiger partial charge is 0.325 e. The molecule has 140 valence electrons. The fourth-order valence-electron chi connectivity index (χ4n) is 3.84. The van der Waals surface area contributed by atoms with E-state index in [1.165, 1.54) is 6.42 Å². The van der Waals surface area contributed by atoms with Crippen molar-refractivity contribution < 1.29 is 14.4 Å². The van der Waals surface area contributed by atoms with Gasteiger partial charge in [0.1, 0.15) is 12.1 Å². The molecule has 1 unspecified atom stereocenters. The van der Waals surface area contributed by atoms with Gasteiger partial charge in [0.25, 0.3) is 5.91 Å². The number of hydrogen-bond donors (Lipinski definition) is 2. The Morgan fingerprint density at radius 1 is 1.19 bits per heavy atom. The lowest BCUT2D eigenvalue weighted by Gasteiger charge is -2.26. The molecule has 1 saturated carbocycles. The standard InChI is InChI=1S/C21H23N3O3/c1-21(17-11-5-9-15-8-2-3-10-16(15)17)19(26)24(20(27)23-21)13-18(25)22-12-14-6-4-7-14/h2-3,5,8-11,14H,4,6-7,12-13H2,1H3,(H,22,25)(H,23,27). The Bertz CT molecular complexity index is 917. The Balaban J connectivity index is 1.55. The molecular formula is C21H23N3O3. The van der Waals surface area contributed by atoms with Crippen LogP contribution in [0.1, 0.15) is 31.7 Å². The zero-order chi connectivity index (χ0) is 19.0. The number of imide groups is 1. The molecular weight excluding hydrogens is 342 g/mol. The van der Waals surface area contributed by atoms with Gasteiger partial charge in [-0.05, 0) is 42.0 Å². The van der Waals surface area contributed by atoms with Gasteiger partial charge in [-0.1, -0.05) is 48.9 Å². The van der Waals surface area contributed by atoms with Crippen molar-refractivity contribution in [1.82, 2.24) is 15.5 Å². The first kappa shape index (κ1) is 17.5. The van der Waals surface area contributed by atoms with E-state index in [4.69, 9.17) is 0 Å². The Morgan fingerprint density at radius 2 is 1.93 bits per heavy atom. The van der Waals surface area contributed by atoms with Gasteiger partial charge < -0.3 is 10.6 Å².